The van der Waals surface area contributed by atoms with E-state index < -0.39 is 0 Å². The van der Waals surface area contributed by atoms with E-state index in [-0.39, 0.29) is 5.41 Å². The molecule has 1 aromatic heterocycles. The van der Waals surface area contributed by atoms with Gasteiger partial charge >= 0.3 is 0 Å². The third-order valence-electron chi connectivity index (χ3n) is 3.64. The van der Waals surface area contributed by atoms with Gasteiger partial charge in [-0.1, -0.05) is 11.2 Å². The zero-order chi connectivity index (χ0) is 13.9. The second-order valence-electron chi connectivity index (χ2n) is 5.36. The average Bonchev–Trinajstić information content (AvgIpc) is 3.13. The van der Waals surface area contributed by atoms with E-state index in [0.717, 1.165) is 29.9 Å². The molecular formula is C14H21N3O2. The number of aryl methyl sites for hydroxylation is 2. The van der Waals surface area contributed by atoms with Crippen molar-refractivity contribution in [2.45, 2.75) is 33.6 Å². The van der Waals surface area contributed by atoms with Gasteiger partial charge in [0.2, 0.25) is 0 Å². The Bertz CT molecular complexity index is 482. The van der Waals surface area contributed by atoms with Crippen molar-refractivity contribution < 1.29 is 9.68 Å². The molecule has 0 aliphatic heterocycles. The van der Waals surface area contributed by atoms with Crippen LogP contribution in [0.5, 0.6) is 0 Å². The predicted molar refractivity (Wildman–Crippen MR) is 73.7 cm³/mol. The highest BCUT2D eigenvalue weighted by atomic mass is 16.6. The van der Waals surface area contributed by atoms with Crippen molar-refractivity contribution in [2.75, 3.05) is 13.2 Å². The third-order valence-corrected chi connectivity index (χ3v) is 3.64. The first-order chi connectivity index (χ1) is 9.06. The van der Waals surface area contributed by atoms with Crippen LogP contribution in [-0.4, -0.2) is 23.9 Å². The fourth-order valence-electron chi connectivity index (χ4n) is 1.83. The molecule has 0 amide bonds. The van der Waals surface area contributed by atoms with E-state index in [0.29, 0.717) is 13.2 Å². The summed E-state index contributed by atoms with van der Waals surface area (Å²) in [4.78, 5) is 14.6. The molecule has 0 unspecified atom stereocenters. The van der Waals surface area contributed by atoms with Gasteiger partial charge in [0, 0.05) is 11.1 Å². The van der Waals surface area contributed by atoms with E-state index >= 15 is 0 Å². The van der Waals surface area contributed by atoms with E-state index in [1.807, 2.05) is 32.9 Å². The topological polar surface area (TPSA) is 69.7 Å². The summed E-state index contributed by atoms with van der Waals surface area (Å²) in [5.74, 6) is 5.11. The first-order valence-electron chi connectivity index (χ1n) is 6.49. The molecule has 0 spiro atoms. The van der Waals surface area contributed by atoms with Crippen LogP contribution in [0.3, 0.4) is 0 Å². The van der Waals surface area contributed by atoms with E-state index in [2.05, 4.69) is 10.1 Å². The van der Waals surface area contributed by atoms with Gasteiger partial charge in [0.15, 0.2) is 0 Å². The molecule has 0 bridgehead atoms. The quantitative estimate of drug-likeness (QED) is 0.630. The van der Waals surface area contributed by atoms with Gasteiger partial charge in [-0.2, -0.15) is 0 Å². The maximum Gasteiger partial charge on any atom is 0.125 e. The minimum absolute atomic E-state index is 0.0785. The highest BCUT2D eigenvalue weighted by molar-refractivity contribution is 5.96. The lowest BCUT2D eigenvalue weighted by molar-refractivity contribution is 0.0294. The molecular weight excluding hydrogens is 242 g/mol. The Morgan fingerprint density at radius 2 is 2.11 bits per heavy atom. The van der Waals surface area contributed by atoms with Crippen LogP contribution >= 0.6 is 0 Å². The molecule has 0 saturated heterocycles. The summed E-state index contributed by atoms with van der Waals surface area (Å²) >= 11 is 0. The summed E-state index contributed by atoms with van der Waals surface area (Å²) in [5.41, 5.74) is 3.90. The van der Waals surface area contributed by atoms with Crippen molar-refractivity contribution in [3.8, 4) is 0 Å². The number of hydrogen-bond acceptors (Lipinski definition) is 5. The SMILES string of the molecule is CC(=NOCC1(CON)CC1)c1ccc(C)c(C)n1. The number of rotatable bonds is 6. The highest BCUT2D eigenvalue weighted by Crippen LogP contribution is 2.45. The molecule has 0 aromatic carbocycles. The fourth-order valence-corrected chi connectivity index (χ4v) is 1.83. The van der Waals surface area contributed by atoms with Gasteiger partial charge < -0.3 is 9.68 Å². The Morgan fingerprint density at radius 3 is 2.68 bits per heavy atom. The van der Waals surface area contributed by atoms with Gasteiger partial charge in [0.05, 0.1) is 12.3 Å². The molecule has 0 radical (unpaired) electrons. The minimum atomic E-state index is 0.0785. The number of nitrogens with zero attached hydrogens (tertiary/aromatic N) is 2. The summed E-state index contributed by atoms with van der Waals surface area (Å²) in [5, 5.41) is 4.13. The number of nitrogens with two attached hydrogens (primary N) is 1. The maximum atomic E-state index is 5.41. The molecule has 104 valence electrons. The Morgan fingerprint density at radius 1 is 1.37 bits per heavy atom. The van der Waals surface area contributed by atoms with Crippen molar-refractivity contribution >= 4 is 5.71 Å². The molecule has 1 fully saturated rings. The van der Waals surface area contributed by atoms with Gasteiger partial charge in [-0.05, 0) is 45.2 Å². The lowest BCUT2D eigenvalue weighted by atomic mass is 10.1. The van der Waals surface area contributed by atoms with Crippen LogP contribution in [0.4, 0.5) is 0 Å². The number of oxime groups is 1. The van der Waals surface area contributed by atoms with Crippen LogP contribution in [0.15, 0.2) is 17.3 Å². The molecule has 5 heteroatoms. The van der Waals surface area contributed by atoms with Crippen LogP contribution < -0.4 is 5.90 Å². The summed E-state index contributed by atoms with van der Waals surface area (Å²) < 4.78 is 0. The number of aromatic nitrogens is 1. The first kappa shape index (κ1) is 14.0. The molecule has 1 saturated carbocycles. The molecule has 2 rings (SSSR count). The summed E-state index contributed by atoms with van der Waals surface area (Å²) in [6.07, 6.45) is 2.17. The third kappa shape index (κ3) is 3.52. The first-order valence-corrected chi connectivity index (χ1v) is 6.49. The Balaban J connectivity index is 1.93. The molecule has 2 N–H and O–H groups in total. The zero-order valence-electron chi connectivity index (χ0n) is 11.8. The normalized spacial score (nSPS) is 17.4. The van der Waals surface area contributed by atoms with Crippen LogP contribution in [0.1, 0.15) is 36.7 Å². The van der Waals surface area contributed by atoms with Gasteiger partial charge in [-0.3, -0.25) is 4.98 Å². The summed E-state index contributed by atoms with van der Waals surface area (Å²) in [6, 6.07) is 4.00. The smallest absolute Gasteiger partial charge is 0.125 e. The van der Waals surface area contributed by atoms with Gasteiger partial charge in [-0.15, -0.1) is 0 Å². The lowest BCUT2D eigenvalue weighted by Crippen LogP contribution is -2.19. The fraction of sp³-hybridized carbons (Fsp3) is 0.571. The van der Waals surface area contributed by atoms with Crippen LogP contribution in [0.25, 0.3) is 0 Å². The molecule has 5 nitrogen and oxygen atoms in total. The minimum Gasteiger partial charge on any atom is -0.395 e. The van der Waals surface area contributed by atoms with Crippen molar-refractivity contribution in [1.82, 2.24) is 4.98 Å². The van der Waals surface area contributed by atoms with E-state index in [1.54, 1.807) is 0 Å². The van der Waals surface area contributed by atoms with Gasteiger partial charge in [-0.25, -0.2) is 5.90 Å². The second-order valence-corrected chi connectivity index (χ2v) is 5.36. The largest absolute Gasteiger partial charge is 0.395 e. The van der Waals surface area contributed by atoms with Crippen molar-refractivity contribution in [3.05, 3.63) is 29.1 Å². The van der Waals surface area contributed by atoms with Crippen molar-refractivity contribution in [2.24, 2.45) is 16.5 Å². The molecule has 1 heterocycles. The van der Waals surface area contributed by atoms with Gasteiger partial charge in [0.1, 0.15) is 12.3 Å². The molecule has 1 aliphatic carbocycles. The molecule has 0 atom stereocenters. The van der Waals surface area contributed by atoms with Crippen molar-refractivity contribution in [3.63, 3.8) is 0 Å². The highest BCUT2D eigenvalue weighted by Gasteiger charge is 2.44. The average molecular weight is 263 g/mol. The Labute approximate surface area is 113 Å². The van der Waals surface area contributed by atoms with Crippen LogP contribution in [0.2, 0.25) is 0 Å². The van der Waals surface area contributed by atoms with Gasteiger partial charge in [0.25, 0.3) is 0 Å². The van der Waals surface area contributed by atoms with Crippen LogP contribution in [-0.2, 0) is 9.68 Å². The van der Waals surface area contributed by atoms with E-state index in [9.17, 15) is 0 Å². The lowest BCUT2D eigenvalue weighted by Gasteiger charge is -2.11. The standard InChI is InChI=1S/C14H21N3O2/c1-10-4-5-13(16-11(10)2)12(3)17-19-9-14(6-7-14)8-18-15/h4-5H,6-9,15H2,1-3H3. The molecule has 1 aliphatic rings. The predicted octanol–water partition coefficient (Wildman–Crippen LogP) is 2.11. The monoisotopic (exact) mass is 263 g/mol. The van der Waals surface area contributed by atoms with Crippen LogP contribution in [0, 0.1) is 19.3 Å². The Kier molecular flexibility index (Phi) is 4.17. The maximum absolute atomic E-state index is 5.41. The second kappa shape index (κ2) is 5.67. The molecule has 1 aromatic rings. The number of pyridine rings is 1. The van der Waals surface area contributed by atoms with Crippen molar-refractivity contribution in [1.29, 1.82) is 0 Å². The summed E-state index contributed by atoms with van der Waals surface area (Å²) in [7, 11) is 0. The summed E-state index contributed by atoms with van der Waals surface area (Å²) in [6.45, 7) is 7.01. The Hall–Kier alpha value is -1.46. The van der Waals surface area contributed by atoms with E-state index in [4.69, 9.17) is 15.6 Å². The number of hydrogen-bond donors (Lipinski definition) is 1. The zero-order valence-corrected chi connectivity index (χ0v) is 11.8. The molecule has 19 heavy (non-hydrogen) atoms. The van der Waals surface area contributed by atoms with E-state index in [1.165, 1.54) is 5.56 Å².